The van der Waals surface area contributed by atoms with E-state index in [0.29, 0.717) is 0 Å². The average Bonchev–Trinajstić information content (AvgIpc) is 0.918. The number of hydrogen-bond acceptors (Lipinski definition) is 1. The third-order valence-electron chi connectivity index (χ3n) is 0. The maximum Gasteiger partial charge on any atom is -0.0809 e. The van der Waals surface area contributed by atoms with E-state index in [-0.39, 0.29) is 23.6 Å². The summed E-state index contributed by atoms with van der Waals surface area (Å²) in [5.41, 5.74) is 0. The second-order valence-corrected chi connectivity index (χ2v) is 0.289. The summed E-state index contributed by atoms with van der Waals surface area (Å²) in [5, 5.41) is 8.93. The Kier molecular flexibility index (Phi) is 728. The molecule has 0 radical (unpaired) electrons. The smallest absolute Gasteiger partial charge is 0.0809 e. The second kappa shape index (κ2) is 106. The van der Waals surface area contributed by atoms with Crippen molar-refractivity contribution < 1.29 is 9.81 Å². The highest BCUT2D eigenvalue weighted by molar-refractivity contribution is 3.79. The van der Waals surface area contributed by atoms with Gasteiger partial charge in [-0.3, -0.25) is 0 Å². The van der Waals surface area contributed by atoms with Gasteiger partial charge in [0.1, 0.15) is 0 Å². The van der Waals surface area contributed by atoms with Crippen LogP contribution in [0.5, 0.6) is 0 Å². The summed E-state index contributed by atoms with van der Waals surface area (Å²) < 4.78 is 0. The predicted molar refractivity (Wildman–Crippen MR) is 22.5 cm³/mol. The van der Waals surface area contributed by atoms with Gasteiger partial charge in [0, 0.05) is 0 Å². The molecule has 0 aromatic carbocycles. The number of rotatable bonds is 0. The van der Waals surface area contributed by atoms with Crippen molar-refractivity contribution in [3.8, 4) is 0 Å². The monoisotopic (exact) mass is 100 g/mol. The summed E-state index contributed by atoms with van der Waals surface area (Å²) in [5.74, 6) is 0. The normalized spacial score (nSPS) is 3.00. The molecule has 0 amide bonds. The molecule has 0 aliphatic carbocycles. The lowest BCUT2D eigenvalue weighted by molar-refractivity contribution is -0.361. The van der Waals surface area contributed by atoms with Gasteiger partial charge in [-0.05, 0) is 0 Å². The van der Waals surface area contributed by atoms with Gasteiger partial charge in [-0.1, -0.05) is 6.92 Å². The van der Waals surface area contributed by atoms with Crippen molar-refractivity contribution in [2.75, 3.05) is 6.61 Å². The van der Waals surface area contributed by atoms with Gasteiger partial charge in [-0.2, -0.15) is 0 Å². The van der Waals surface area contributed by atoms with Crippen molar-refractivity contribution in [3.63, 3.8) is 0 Å². The van der Waals surface area contributed by atoms with Gasteiger partial charge in [0.25, 0.3) is 0 Å². The minimum absolute atomic E-state index is 0. The lowest BCUT2D eigenvalue weighted by atomic mass is 10.9. The summed E-state index contributed by atoms with van der Waals surface area (Å²) in [6, 6.07) is 0. The highest BCUT2D eigenvalue weighted by Crippen LogP contribution is 1.18. The first-order chi connectivity index (χ1) is 1.41. The van der Waals surface area contributed by atoms with Crippen LogP contribution in [0, 0.1) is 0 Å². The molecule has 6 heavy (non-hydrogen) atoms. The van der Waals surface area contributed by atoms with Gasteiger partial charge in [-0.15, -0.1) is 6.61 Å². The summed E-state index contributed by atoms with van der Waals surface area (Å²) in [6.07, 6.45) is 0. The zero-order chi connectivity index (χ0) is 2.71. The van der Waals surface area contributed by atoms with Gasteiger partial charge in [0.05, 0.1) is 0 Å². The molecule has 0 saturated carbocycles. The average molecular weight is 100 g/mol. The van der Waals surface area contributed by atoms with Crippen LogP contribution in [0.3, 0.4) is 0 Å². The molecule has 4 heteroatoms. The Balaban J connectivity index is -0.00000000667. The van der Waals surface area contributed by atoms with Crippen molar-refractivity contribution >= 4 is 0 Å². The second-order valence-electron chi connectivity index (χ2n) is 0.289. The van der Waals surface area contributed by atoms with E-state index in [1.807, 2.05) is 0 Å². The van der Waals surface area contributed by atoms with Crippen molar-refractivity contribution in [2.45, 2.75) is 6.92 Å². The Morgan fingerprint density at radius 3 is 1.33 bits per heavy atom. The van der Waals surface area contributed by atoms with Crippen LogP contribution < -0.4 is 22.1 Å². The van der Waals surface area contributed by atoms with Crippen molar-refractivity contribution in [2.24, 2.45) is 0 Å². The van der Waals surface area contributed by atoms with Gasteiger partial charge < -0.3 is 22.1 Å². The lowest BCUT2D eigenvalue weighted by Crippen LogP contribution is -3.00. The molecule has 0 aliphatic heterocycles. The fourth-order valence-electron chi connectivity index (χ4n) is 0. The van der Waals surface area contributed by atoms with Crippen LogP contribution in [-0.4, -0.2) is 6.61 Å². The Bertz CT molecular complexity index is 11.5. The van der Waals surface area contributed by atoms with E-state index < -0.39 is 0 Å². The number of quaternary nitrogens is 2. The maximum absolute atomic E-state index is 8.93. The molecule has 0 aromatic rings. The fourth-order valence-corrected chi connectivity index (χ4v) is 0. The predicted octanol–water partition coefficient (Wildman–Crippen LogP) is -2.88. The van der Waals surface area contributed by atoms with E-state index in [9.17, 15) is 0 Å². The van der Waals surface area contributed by atoms with Crippen LogP contribution in [0.2, 0.25) is 0 Å². The van der Waals surface area contributed by atoms with E-state index in [2.05, 4.69) is 0 Å². The van der Waals surface area contributed by atoms with E-state index in [1.165, 1.54) is 0 Å². The van der Waals surface area contributed by atoms with E-state index in [1.54, 1.807) is 6.92 Å². The van der Waals surface area contributed by atoms with Gasteiger partial charge in [0.15, 0.2) is 0 Å². The Labute approximate surface area is 36.9 Å². The van der Waals surface area contributed by atoms with Crippen LogP contribution in [0.4, 0.5) is 0 Å². The van der Waals surface area contributed by atoms with Crippen molar-refractivity contribution in [1.29, 1.82) is 0 Å². The van der Waals surface area contributed by atoms with Gasteiger partial charge >= 0.3 is 0 Å². The highest BCUT2D eigenvalue weighted by atomic mass is 19.0. The standard InChI is InChI=1S/C2H5O.FH.2H3N/c1-2-3;;;/h2H2,1H3;1H;2*1H3/q-1;;;/p+1. The van der Waals surface area contributed by atoms with Gasteiger partial charge in [0.2, 0.25) is 0 Å². The molecule has 0 rings (SSSR count). The van der Waals surface area contributed by atoms with Gasteiger partial charge in [-0.25, -0.2) is 0 Å². The minimum atomic E-state index is 0. The number of hydrogen-bond donors (Lipinski definition) is 2. The molecule has 0 fully saturated rings. The molecule has 0 aliphatic rings. The third-order valence-corrected chi connectivity index (χ3v) is 0. The number of halogens is 1. The molecular weight excluding hydrogens is 87.0 g/mol. The molecule has 0 atom stereocenters. The van der Waals surface area contributed by atoms with E-state index >= 15 is 0 Å². The molecule has 0 unspecified atom stereocenters. The Morgan fingerprint density at radius 2 is 1.33 bits per heavy atom. The minimum Gasteiger partial charge on any atom is -1.00 e. The lowest BCUT2D eigenvalue weighted by Gasteiger charge is -1.79. The van der Waals surface area contributed by atoms with Crippen molar-refractivity contribution in [1.82, 2.24) is 12.3 Å². The van der Waals surface area contributed by atoms with Crippen molar-refractivity contribution in [3.05, 3.63) is 0 Å². The molecule has 0 saturated heterocycles. The van der Waals surface area contributed by atoms with Crippen LogP contribution in [-0.2, 0) is 0 Å². The zero-order valence-corrected chi connectivity index (χ0v) is 4.49. The van der Waals surface area contributed by atoms with E-state index in [0.717, 1.165) is 0 Å². The highest BCUT2D eigenvalue weighted by Gasteiger charge is 1.16. The van der Waals surface area contributed by atoms with Crippen LogP contribution >= 0.6 is 0 Å². The first kappa shape index (κ1) is 41.0. The van der Waals surface area contributed by atoms with E-state index in [4.69, 9.17) is 5.11 Å². The quantitative estimate of drug-likeness (QED) is 0.336. The molecule has 0 heterocycles. The van der Waals surface area contributed by atoms with Crippen LogP contribution in [0.1, 0.15) is 6.92 Å². The molecule has 0 bridgehead atoms. The Morgan fingerprint density at radius 1 is 1.33 bits per heavy atom. The SMILES string of the molecule is CC[O-].[F-].[NH4+].[NH4+]. The summed E-state index contributed by atoms with van der Waals surface area (Å²) in [4.78, 5) is 0. The summed E-state index contributed by atoms with van der Waals surface area (Å²) >= 11 is 0. The molecule has 3 nitrogen and oxygen atoms in total. The fraction of sp³-hybridized carbons (Fsp3) is 1.00. The first-order valence-electron chi connectivity index (χ1n) is 0.996. The summed E-state index contributed by atoms with van der Waals surface area (Å²) in [6.45, 7) is 1.57. The molecule has 44 valence electrons. The van der Waals surface area contributed by atoms with Crippen LogP contribution in [0.15, 0.2) is 0 Å². The Hall–Kier alpha value is -0.190. The molecule has 0 aromatic heterocycles. The molecule has 0 spiro atoms. The first-order valence-corrected chi connectivity index (χ1v) is 0.996. The molecular formula is C2H13FN2O. The topological polar surface area (TPSA) is 96.1 Å². The van der Waals surface area contributed by atoms with Crippen LogP contribution in [0.25, 0.3) is 0 Å². The largest absolute Gasteiger partial charge is 1.00 e. The zero-order valence-electron chi connectivity index (χ0n) is 4.49. The third kappa shape index (κ3) is 833. The summed E-state index contributed by atoms with van der Waals surface area (Å²) in [7, 11) is 0. The molecule has 8 N–H and O–H groups in total. The maximum atomic E-state index is 8.93.